The third-order valence-corrected chi connectivity index (χ3v) is 2.33. The highest BCUT2D eigenvalue weighted by Crippen LogP contribution is 2.23. The van der Waals surface area contributed by atoms with E-state index in [0.717, 1.165) is 17.5 Å². The minimum Gasteiger partial charge on any atom is -0.508 e. The van der Waals surface area contributed by atoms with Gasteiger partial charge in [-0.2, -0.15) is 0 Å². The van der Waals surface area contributed by atoms with Crippen molar-refractivity contribution in [1.82, 2.24) is 0 Å². The predicted molar refractivity (Wildman–Crippen MR) is 64.2 cm³/mol. The standard InChI is InChI=1S/C13H21NO/c1-9(2)11-5-10(6-12(15)7-11)8-13(3,4)14/h5-7,9,15H,8,14H2,1-4H3. The Balaban J connectivity index is 2.99. The van der Waals surface area contributed by atoms with E-state index in [4.69, 9.17) is 5.73 Å². The van der Waals surface area contributed by atoms with Crippen LogP contribution in [0.15, 0.2) is 18.2 Å². The Bertz CT molecular complexity index is 337. The summed E-state index contributed by atoms with van der Waals surface area (Å²) in [6.07, 6.45) is 0.779. The molecule has 15 heavy (non-hydrogen) atoms. The van der Waals surface area contributed by atoms with Crippen molar-refractivity contribution in [2.75, 3.05) is 0 Å². The van der Waals surface area contributed by atoms with Gasteiger partial charge in [0.25, 0.3) is 0 Å². The van der Waals surface area contributed by atoms with Crippen LogP contribution in [0.25, 0.3) is 0 Å². The highest BCUT2D eigenvalue weighted by Gasteiger charge is 2.13. The molecule has 1 rings (SSSR count). The molecule has 0 amide bonds. The first-order chi connectivity index (χ1) is 6.78. The van der Waals surface area contributed by atoms with Gasteiger partial charge in [-0.25, -0.2) is 0 Å². The van der Waals surface area contributed by atoms with Crippen LogP contribution in [0.5, 0.6) is 5.75 Å². The molecule has 1 aromatic carbocycles. The second-order valence-electron chi connectivity index (χ2n) is 5.25. The quantitative estimate of drug-likeness (QED) is 0.800. The van der Waals surface area contributed by atoms with E-state index in [1.54, 1.807) is 6.07 Å². The van der Waals surface area contributed by atoms with E-state index in [-0.39, 0.29) is 5.54 Å². The van der Waals surface area contributed by atoms with Gasteiger partial charge in [-0.3, -0.25) is 0 Å². The Kier molecular flexibility index (Phi) is 3.40. The molecule has 2 heteroatoms. The Labute approximate surface area is 92.1 Å². The minimum absolute atomic E-state index is 0.234. The van der Waals surface area contributed by atoms with E-state index in [2.05, 4.69) is 19.9 Å². The van der Waals surface area contributed by atoms with Gasteiger partial charge in [0.05, 0.1) is 0 Å². The van der Waals surface area contributed by atoms with Crippen LogP contribution >= 0.6 is 0 Å². The maximum absolute atomic E-state index is 9.60. The van der Waals surface area contributed by atoms with Gasteiger partial charge in [0.15, 0.2) is 0 Å². The molecule has 0 aliphatic carbocycles. The summed E-state index contributed by atoms with van der Waals surface area (Å²) < 4.78 is 0. The summed E-state index contributed by atoms with van der Waals surface area (Å²) in [4.78, 5) is 0. The number of nitrogens with two attached hydrogens (primary N) is 1. The van der Waals surface area contributed by atoms with Crippen LogP contribution in [0, 0.1) is 0 Å². The van der Waals surface area contributed by atoms with Crippen molar-refractivity contribution in [2.24, 2.45) is 5.73 Å². The zero-order valence-corrected chi connectivity index (χ0v) is 10.0. The molecule has 1 aromatic rings. The second kappa shape index (κ2) is 4.23. The van der Waals surface area contributed by atoms with Crippen molar-refractivity contribution in [3.05, 3.63) is 29.3 Å². The summed E-state index contributed by atoms with van der Waals surface area (Å²) in [5.41, 5.74) is 7.99. The molecule has 0 unspecified atom stereocenters. The molecule has 0 aromatic heterocycles. The molecule has 0 aliphatic heterocycles. The molecule has 0 bridgehead atoms. The van der Waals surface area contributed by atoms with E-state index in [1.165, 1.54) is 0 Å². The summed E-state index contributed by atoms with van der Waals surface area (Å²) >= 11 is 0. The first-order valence-electron chi connectivity index (χ1n) is 5.39. The number of phenolic OH excluding ortho intramolecular Hbond substituents is 1. The van der Waals surface area contributed by atoms with Gasteiger partial charge >= 0.3 is 0 Å². The maximum atomic E-state index is 9.60. The molecular formula is C13H21NO. The van der Waals surface area contributed by atoms with Gasteiger partial charge in [0.1, 0.15) is 5.75 Å². The fourth-order valence-corrected chi connectivity index (χ4v) is 1.66. The molecule has 84 valence electrons. The van der Waals surface area contributed by atoms with Crippen LogP contribution in [0.3, 0.4) is 0 Å². The molecule has 0 saturated heterocycles. The number of aromatic hydroxyl groups is 1. The molecule has 0 fully saturated rings. The van der Waals surface area contributed by atoms with Crippen LogP contribution in [-0.4, -0.2) is 10.6 Å². The highest BCUT2D eigenvalue weighted by atomic mass is 16.3. The maximum Gasteiger partial charge on any atom is 0.116 e. The van der Waals surface area contributed by atoms with Gasteiger partial charge < -0.3 is 10.8 Å². The Morgan fingerprint density at radius 2 is 1.87 bits per heavy atom. The van der Waals surface area contributed by atoms with Crippen molar-refractivity contribution in [3.63, 3.8) is 0 Å². The van der Waals surface area contributed by atoms with Crippen LogP contribution < -0.4 is 5.73 Å². The van der Waals surface area contributed by atoms with E-state index in [1.807, 2.05) is 19.9 Å². The van der Waals surface area contributed by atoms with Crippen molar-refractivity contribution < 1.29 is 5.11 Å². The third kappa shape index (κ3) is 3.92. The predicted octanol–water partition coefficient (Wildman–Crippen LogP) is 2.80. The van der Waals surface area contributed by atoms with Gasteiger partial charge in [0, 0.05) is 5.54 Å². The van der Waals surface area contributed by atoms with Gasteiger partial charge in [-0.15, -0.1) is 0 Å². The van der Waals surface area contributed by atoms with E-state index < -0.39 is 0 Å². The molecule has 0 aliphatic rings. The third-order valence-electron chi connectivity index (χ3n) is 2.33. The number of benzene rings is 1. The molecule has 0 saturated carbocycles. The lowest BCUT2D eigenvalue weighted by atomic mass is 9.92. The first kappa shape index (κ1) is 12.1. The van der Waals surface area contributed by atoms with E-state index in [0.29, 0.717) is 11.7 Å². The summed E-state index contributed by atoms with van der Waals surface area (Å²) in [5, 5.41) is 9.60. The fraction of sp³-hybridized carbons (Fsp3) is 0.538. The average molecular weight is 207 g/mol. The first-order valence-corrected chi connectivity index (χ1v) is 5.39. The largest absolute Gasteiger partial charge is 0.508 e. The second-order valence-corrected chi connectivity index (χ2v) is 5.25. The van der Waals surface area contributed by atoms with E-state index in [9.17, 15) is 5.11 Å². The lowest BCUT2D eigenvalue weighted by Gasteiger charge is -2.19. The Morgan fingerprint density at radius 3 is 2.33 bits per heavy atom. The van der Waals surface area contributed by atoms with Crippen LogP contribution in [0.1, 0.15) is 44.7 Å². The Morgan fingerprint density at radius 1 is 1.27 bits per heavy atom. The monoisotopic (exact) mass is 207 g/mol. The number of rotatable bonds is 3. The average Bonchev–Trinajstić information content (AvgIpc) is 1.99. The molecule has 3 N–H and O–H groups in total. The molecule has 0 atom stereocenters. The number of hydrogen-bond acceptors (Lipinski definition) is 2. The lowest BCUT2D eigenvalue weighted by Crippen LogP contribution is -2.34. The molecule has 0 radical (unpaired) electrons. The molecule has 2 nitrogen and oxygen atoms in total. The summed E-state index contributed by atoms with van der Waals surface area (Å²) in [5.74, 6) is 0.761. The van der Waals surface area contributed by atoms with Crippen molar-refractivity contribution in [1.29, 1.82) is 0 Å². The normalized spacial score (nSPS) is 12.1. The fourth-order valence-electron chi connectivity index (χ4n) is 1.66. The van der Waals surface area contributed by atoms with Crippen molar-refractivity contribution in [2.45, 2.75) is 45.6 Å². The topological polar surface area (TPSA) is 46.2 Å². The lowest BCUT2D eigenvalue weighted by molar-refractivity contribution is 0.470. The SMILES string of the molecule is CC(C)c1cc(O)cc(CC(C)(C)N)c1. The summed E-state index contributed by atoms with van der Waals surface area (Å²) in [6, 6.07) is 5.73. The number of hydrogen-bond donors (Lipinski definition) is 2. The zero-order valence-electron chi connectivity index (χ0n) is 10.0. The molecular weight excluding hydrogens is 186 g/mol. The van der Waals surface area contributed by atoms with Gasteiger partial charge in [-0.1, -0.05) is 19.9 Å². The minimum atomic E-state index is -0.234. The zero-order chi connectivity index (χ0) is 11.6. The molecule has 0 spiro atoms. The highest BCUT2D eigenvalue weighted by molar-refractivity contribution is 5.35. The van der Waals surface area contributed by atoms with Crippen LogP contribution in [-0.2, 0) is 6.42 Å². The van der Waals surface area contributed by atoms with Crippen molar-refractivity contribution >= 4 is 0 Å². The number of phenols is 1. The van der Waals surface area contributed by atoms with Crippen LogP contribution in [0.2, 0.25) is 0 Å². The summed E-state index contributed by atoms with van der Waals surface area (Å²) in [7, 11) is 0. The summed E-state index contributed by atoms with van der Waals surface area (Å²) in [6.45, 7) is 8.22. The van der Waals surface area contributed by atoms with Crippen molar-refractivity contribution in [3.8, 4) is 5.75 Å². The van der Waals surface area contributed by atoms with Crippen LogP contribution in [0.4, 0.5) is 0 Å². The van der Waals surface area contributed by atoms with Gasteiger partial charge in [0.2, 0.25) is 0 Å². The molecule has 0 heterocycles. The Hall–Kier alpha value is -1.02. The van der Waals surface area contributed by atoms with Gasteiger partial charge in [-0.05, 0) is 49.4 Å². The smallest absolute Gasteiger partial charge is 0.116 e. The van der Waals surface area contributed by atoms with E-state index >= 15 is 0 Å².